The van der Waals surface area contributed by atoms with E-state index in [2.05, 4.69) is 30.6 Å². The molecule has 0 aliphatic heterocycles. The molecule has 0 saturated heterocycles. The van der Waals surface area contributed by atoms with E-state index in [-0.39, 0.29) is 0 Å². The number of aromatic nitrogens is 4. The van der Waals surface area contributed by atoms with Crippen LogP contribution in [0.3, 0.4) is 0 Å². The lowest BCUT2D eigenvalue weighted by molar-refractivity contribution is 0.919. The summed E-state index contributed by atoms with van der Waals surface area (Å²) >= 11 is 15.6. The van der Waals surface area contributed by atoms with Gasteiger partial charge >= 0.3 is 0 Å². The summed E-state index contributed by atoms with van der Waals surface area (Å²) in [6.45, 7) is 0. The fourth-order valence-corrected chi connectivity index (χ4v) is 5.14. The molecule has 0 spiro atoms. The molecule has 158 valence electrons. The maximum Gasteiger partial charge on any atom is 0.233 e. The predicted molar refractivity (Wildman–Crippen MR) is 133 cm³/mol. The van der Waals surface area contributed by atoms with Crippen LogP contribution in [0.4, 0.5) is 23.3 Å². The fourth-order valence-electron chi connectivity index (χ4n) is 2.85. The molecule has 0 fully saturated rings. The zero-order chi connectivity index (χ0) is 21.9. The Morgan fingerprint density at radius 3 is 1.81 bits per heavy atom. The molecule has 5 rings (SSSR count). The van der Waals surface area contributed by atoms with Crippen LogP contribution in [0.5, 0.6) is 0 Å². The van der Waals surface area contributed by atoms with Crippen molar-refractivity contribution in [3.63, 3.8) is 0 Å². The van der Waals surface area contributed by atoms with Crippen LogP contribution in [0, 0.1) is 0 Å². The van der Waals surface area contributed by atoms with Gasteiger partial charge in [-0.3, -0.25) is 0 Å². The van der Waals surface area contributed by atoms with Gasteiger partial charge in [0, 0.05) is 0 Å². The summed E-state index contributed by atoms with van der Waals surface area (Å²) in [7, 11) is 0. The lowest BCUT2D eigenvalue weighted by Crippen LogP contribution is -2.05. The molecule has 10 heteroatoms. The van der Waals surface area contributed by atoms with Crippen LogP contribution in [0.25, 0.3) is 10.2 Å². The summed E-state index contributed by atoms with van der Waals surface area (Å²) in [5, 5.41) is 7.95. The minimum absolute atomic E-state index is 0.353. The van der Waals surface area contributed by atoms with Crippen molar-refractivity contribution < 1.29 is 0 Å². The van der Waals surface area contributed by atoms with E-state index in [4.69, 9.17) is 23.2 Å². The Morgan fingerprint density at radius 1 is 0.656 bits per heavy atom. The van der Waals surface area contributed by atoms with Crippen molar-refractivity contribution in [2.45, 2.75) is 9.50 Å². The van der Waals surface area contributed by atoms with E-state index in [0.717, 1.165) is 14.6 Å². The quantitative estimate of drug-likeness (QED) is 0.253. The number of para-hydroxylation sites is 3. The molecule has 0 radical (unpaired) electrons. The van der Waals surface area contributed by atoms with Gasteiger partial charge in [0.25, 0.3) is 0 Å². The number of nitrogens with one attached hydrogen (secondary N) is 2. The lowest BCUT2D eigenvalue weighted by Gasteiger charge is -2.11. The van der Waals surface area contributed by atoms with E-state index in [0.29, 0.717) is 38.5 Å². The maximum atomic E-state index is 6.30. The molecule has 0 bridgehead atoms. The smallest absolute Gasteiger partial charge is 0.233 e. The van der Waals surface area contributed by atoms with Gasteiger partial charge in [-0.05, 0) is 48.2 Å². The molecular weight excluding hydrogens is 483 g/mol. The van der Waals surface area contributed by atoms with Gasteiger partial charge in [0.2, 0.25) is 17.1 Å². The first kappa shape index (κ1) is 21.0. The first-order valence-electron chi connectivity index (χ1n) is 9.47. The average Bonchev–Trinajstić information content (AvgIpc) is 3.19. The molecule has 0 aliphatic rings. The Morgan fingerprint density at radius 2 is 1.22 bits per heavy atom. The topological polar surface area (TPSA) is 75.6 Å². The largest absolute Gasteiger partial charge is 0.323 e. The molecule has 0 amide bonds. The Hall–Kier alpha value is -2.91. The molecule has 3 aromatic carbocycles. The van der Waals surface area contributed by atoms with E-state index >= 15 is 0 Å². The van der Waals surface area contributed by atoms with E-state index in [1.807, 2.05) is 60.7 Å². The normalized spacial score (nSPS) is 10.9. The first-order valence-corrected chi connectivity index (χ1v) is 11.9. The summed E-state index contributed by atoms with van der Waals surface area (Å²) in [6, 6.07) is 22.8. The minimum Gasteiger partial charge on any atom is -0.323 e. The number of fused-ring (bicyclic) bond motifs is 1. The standard InChI is InChI=1S/C22H14Cl2N6S2/c23-13-7-1-3-9-15(13)25-19-28-20(26-16-10-4-2-8-14(16)24)30-21(29-19)32-22-27-17-11-5-6-12-18(17)31-22/h1-12H,(H2,25,26,28,29,30). The summed E-state index contributed by atoms with van der Waals surface area (Å²) < 4.78 is 1.94. The van der Waals surface area contributed by atoms with Crippen LogP contribution in [-0.2, 0) is 0 Å². The van der Waals surface area contributed by atoms with Crippen molar-refractivity contribution in [2.24, 2.45) is 0 Å². The molecular formula is C22H14Cl2N6S2. The van der Waals surface area contributed by atoms with Crippen molar-refractivity contribution in [3.8, 4) is 0 Å². The second-order valence-corrected chi connectivity index (χ2v) is 9.58. The highest BCUT2D eigenvalue weighted by molar-refractivity contribution is 8.01. The van der Waals surface area contributed by atoms with Gasteiger partial charge in [-0.15, -0.1) is 11.3 Å². The highest BCUT2D eigenvalue weighted by Crippen LogP contribution is 2.34. The number of hydrogen-bond acceptors (Lipinski definition) is 8. The summed E-state index contributed by atoms with van der Waals surface area (Å²) in [6.07, 6.45) is 0. The number of halogens is 2. The Balaban J connectivity index is 1.50. The Bertz CT molecular complexity index is 1310. The van der Waals surface area contributed by atoms with E-state index < -0.39 is 0 Å². The Kier molecular flexibility index (Phi) is 6.09. The fraction of sp³-hybridized carbons (Fsp3) is 0. The number of rotatable bonds is 6. The van der Waals surface area contributed by atoms with E-state index in [1.165, 1.54) is 11.8 Å². The zero-order valence-corrected chi connectivity index (χ0v) is 19.4. The van der Waals surface area contributed by atoms with Crippen molar-refractivity contribution in [2.75, 3.05) is 10.6 Å². The highest BCUT2D eigenvalue weighted by Gasteiger charge is 2.13. The minimum atomic E-state index is 0.353. The summed E-state index contributed by atoms with van der Waals surface area (Å²) in [4.78, 5) is 18.3. The van der Waals surface area contributed by atoms with Crippen molar-refractivity contribution >= 4 is 79.8 Å². The third-order valence-corrected chi connectivity index (χ3v) is 6.93. The number of thiazole rings is 1. The van der Waals surface area contributed by atoms with E-state index in [9.17, 15) is 0 Å². The Labute approximate surface area is 202 Å². The zero-order valence-electron chi connectivity index (χ0n) is 16.3. The van der Waals surface area contributed by atoms with Crippen LogP contribution in [0.15, 0.2) is 82.3 Å². The molecule has 5 aromatic rings. The molecule has 2 aromatic heterocycles. The van der Waals surface area contributed by atoms with Gasteiger partial charge in [0.05, 0.1) is 31.6 Å². The molecule has 0 unspecified atom stereocenters. The van der Waals surface area contributed by atoms with Gasteiger partial charge in [0.15, 0.2) is 4.34 Å². The molecule has 0 atom stereocenters. The second-order valence-electron chi connectivity index (χ2n) is 6.52. The van der Waals surface area contributed by atoms with Gasteiger partial charge < -0.3 is 10.6 Å². The van der Waals surface area contributed by atoms with Crippen LogP contribution < -0.4 is 10.6 Å². The van der Waals surface area contributed by atoms with Crippen LogP contribution >= 0.6 is 46.3 Å². The van der Waals surface area contributed by atoms with E-state index in [1.54, 1.807) is 23.5 Å². The predicted octanol–water partition coefficient (Wildman–Crippen LogP) is 7.43. The highest BCUT2D eigenvalue weighted by atomic mass is 35.5. The van der Waals surface area contributed by atoms with Gasteiger partial charge in [-0.2, -0.15) is 15.0 Å². The van der Waals surface area contributed by atoms with Crippen LogP contribution in [0.1, 0.15) is 0 Å². The summed E-state index contributed by atoms with van der Waals surface area (Å²) in [5.41, 5.74) is 2.33. The van der Waals surface area contributed by atoms with Crippen molar-refractivity contribution in [1.82, 2.24) is 19.9 Å². The number of benzene rings is 3. The molecule has 2 heterocycles. The monoisotopic (exact) mass is 496 g/mol. The number of anilines is 4. The molecule has 32 heavy (non-hydrogen) atoms. The third-order valence-electron chi connectivity index (χ3n) is 4.31. The third kappa shape index (κ3) is 4.78. The van der Waals surface area contributed by atoms with Crippen molar-refractivity contribution in [3.05, 3.63) is 82.8 Å². The van der Waals surface area contributed by atoms with Gasteiger partial charge in [-0.25, -0.2) is 4.98 Å². The SMILES string of the molecule is Clc1ccccc1Nc1nc(Nc2ccccc2Cl)nc(Sc2nc3ccccc3s2)n1. The first-order chi connectivity index (χ1) is 15.6. The van der Waals surface area contributed by atoms with Gasteiger partial charge in [0.1, 0.15) is 0 Å². The molecule has 2 N–H and O–H groups in total. The lowest BCUT2D eigenvalue weighted by atomic mass is 10.3. The molecule has 0 aliphatic carbocycles. The van der Waals surface area contributed by atoms with Crippen LogP contribution in [-0.4, -0.2) is 19.9 Å². The maximum absolute atomic E-state index is 6.30. The number of hydrogen-bond donors (Lipinski definition) is 2. The van der Waals surface area contributed by atoms with Crippen molar-refractivity contribution in [1.29, 1.82) is 0 Å². The molecule has 0 saturated carbocycles. The second kappa shape index (κ2) is 9.30. The summed E-state index contributed by atoms with van der Waals surface area (Å²) in [5.74, 6) is 0.706. The van der Waals surface area contributed by atoms with Gasteiger partial charge in [-0.1, -0.05) is 59.6 Å². The number of nitrogens with zero attached hydrogens (tertiary/aromatic N) is 4. The van der Waals surface area contributed by atoms with Crippen LogP contribution in [0.2, 0.25) is 10.0 Å². The molecule has 6 nitrogen and oxygen atoms in total. The average molecular weight is 497 g/mol.